The number of ether oxygens (including phenoxy) is 2. The zero-order valence-corrected chi connectivity index (χ0v) is 11.6. The van der Waals surface area contributed by atoms with E-state index in [1.165, 1.54) is 0 Å². The average molecular weight is 272 g/mol. The number of carbonyl (C=O) groups is 1. The van der Waals surface area contributed by atoms with E-state index in [0.29, 0.717) is 22.7 Å². The molecular weight excluding hydrogens is 256 g/mol. The SMILES string of the molecule is COc1ccc(NC(=O)c2cnccc2C)cc1OC. The molecule has 5 heteroatoms. The summed E-state index contributed by atoms with van der Waals surface area (Å²) in [5.41, 5.74) is 2.05. The smallest absolute Gasteiger partial charge is 0.257 e. The van der Waals surface area contributed by atoms with Gasteiger partial charge >= 0.3 is 0 Å². The van der Waals surface area contributed by atoms with E-state index in [1.54, 1.807) is 50.9 Å². The van der Waals surface area contributed by atoms with Crippen molar-refractivity contribution in [3.8, 4) is 11.5 Å². The van der Waals surface area contributed by atoms with Crippen molar-refractivity contribution in [1.82, 2.24) is 4.98 Å². The molecule has 0 radical (unpaired) electrons. The molecule has 2 rings (SSSR count). The monoisotopic (exact) mass is 272 g/mol. The van der Waals surface area contributed by atoms with Crippen LogP contribution in [0, 0.1) is 6.92 Å². The Labute approximate surface area is 117 Å². The van der Waals surface area contributed by atoms with E-state index in [9.17, 15) is 4.79 Å². The zero-order chi connectivity index (χ0) is 14.5. The van der Waals surface area contributed by atoms with Crippen LogP contribution in [0.5, 0.6) is 11.5 Å². The number of anilines is 1. The van der Waals surface area contributed by atoms with Gasteiger partial charge in [0.1, 0.15) is 0 Å². The van der Waals surface area contributed by atoms with Gasteiger partial charge < -0.3 is 14.8 Å². The van der Waals surface area contributed by atoms with Crippen LogP contribution in [0.3, 0.4) is 0 Å². The number of aryl methyl sites for hydroxylation is 1. The van der Waals surface area contributed by atoms with Crippen LogP contribution in [0.25, 0.3) is 0 Å². The van der Waals surface area contributed by atoms with E-state index >= 15 is 0 Å². The summed E-state index contributed by atoms with van der Waals surface area (Å²) in [6.45, 7) is 1.87. The number of nitrogens with one attached hydrogen (secondary N) is 1. The Bertz CT molecular complexity index is 626. The number of methoxy groups -OCH3 is 2. The third-order valence-corrected chi connectivity index (χ3v) is 2.93. The molecule has 0 saturated heterocycles. The van der Waals surface area contributed by atoms with Gasteiger partial charge in [-0.15, -0.1) is 0 Å². The molecule has 5 nitrogen and oxygen atoms in total. The molecule has 0 spiro atoms. The van der Waals surface area contributed by atoms with Gasteiger partial charge in [-0.05, 0) is 30.7 Å². The summed E-state index contributed by atoms with van der Waals surface area (Å²) in [6, 6.07) is 7.00. The van der Waals surface area contributed by atoms with E-state index in [4.69, 9.17) is 9.47 Å². The predicted molar refractivity (Wildman–Crippen MR) is 76.5 cm³/mol. The number of hydrogen-bond donors (Lipinski definition) is 1. The van der Waals surface area contributed by atoms with E-state index in [1.807, 2.05) is 6.92 Å². The van der Waals surface area contributed by atoms with Crippen molar-refractivity contribution < 1.29 is 14.3 Å². The van der Waals surface area contributed by atoms with E-state index < -0.39 is 0 Å². The molecular formula is C15H16N2O3. The van der Waals surface area contributed by atoms with Gasteiger partial charge in [-0.3, -0.25) is 9.78 Å². The lowest BCUT2D eigenvalue weighted by molar-refractivity contribution is 0.102. The molecule has 0 atom stereocenters. The fraction of sp³-hybridized carbons (Fsp3) is 0.200. The third-order valence-electron chi connectivity index (χ3n) is 2.93. The van der Waals surface area contributed by atoms with Crippen LogP contribution in [0.2, 0.25) is 0 Å². The Morgan fingerprint density at radius 1 is 1.15 bits per heavy atom. The van der Waals surface area contributed by atoms with Gasteiger partial charge in [-0.25, -0.2) is 0 Å². The molecule has 0 unspecified atom stereocenters. The number of carbonyl (C=O) groups excluding carboxylic acids is 1. The molecule has 0 aliphatic rings. The van der Waals surface area contributed by atoms with Crippen LogP contribution < -0.4 is 14.8 Å². The molecule has 1 aromatic carbocycles. The van der Waals surface area contributed by atoms with Gasteiger partial charge in [0.05, 0.1) is 19.8 Å². The molecule has 1 N–H and O–H groups in total. The van der Waals surface area contributed by atoms with Gasteiger partial charge in [0.25, 0.3) is 5.91 Å². The lowest BCUT2D eigenvalue weighted by atomic mass is 10.1. The largest absolute Gasteiger partial charge is 0.493 e. The second-order valence-corrected chi connectivity index (χ2v) is 4.21. The summed E-state index contributed by atoms with van der Waals surface area (Å²) in [5, 5.41) is 2.81. The highest BCUT2D eigenvalue weighted by molar-refractivity contribution is 6.05. The Kier molecular flexibility index (Phi) is 4.20. The minimum absolute atomic E-state index is 0.206. The van der Waals surface area contributed by atoms with Crippen molar-refractivity contribution >= 4 is 11.6 Å². The molecule has 1 amide bonds. The Morgan fingerprint density at radius 3 is 2.55 bits per heavy atom. The number of benzene rings is 1. The highest BCUT2D eigenvalue weighted by Gasteiger charge is 2.11. The van der Waals surface area contributed by atoms with Crippen molar-refractivity contribution in [2.45, 2.75) is 6.92 Å². The maximum atomic E-state index is 12.2. The summed E-state index contributed by atoms with van der Waals surface area (Å²) >= 11 is 0. The topological polar surface area (TPSA) is 60.5 Å². The molecule has 2 aromatic rings. The quantitative estimate of drug-likeness (QED) is 0.929. The number of aromatic nitrogens is 1. The van der Waals surface area contributed by atoms with Crippen molar-refractivity contribution in [3.05, 3.63) is 47.8 Å². The van der Waals surface area contributed by atoms with E-state index in [2.05, 4.69) is 10.3 Å². The van der Waals surface area contributed by atoms with Gasteiger partial charge in [-0.1, -0.05) is 0 Å². The zero-order valence-electron chi connectivity index (χ0n) is 11.6. The third kappa shape index (κ3) is 2.88. The molecule has 0 fully saturated rings. The molecule has 0 saturated carbocycles. The van der Waals surface area contributed by atoms with Gasteiger partial charge in [0, 0.05) is 24.1 Å². The fourth-order valence-corrected chi connectivity index (χ4v) is 1.81. The van der Waals surface area contributed by atoms with Gasteiger partial charge in [-0.2, -0.15) is 0 Å². The minimum Gasteiger partial charge on any atom is -0.493 e. The normalized spacial score (nSPS) is 9.95. The molecule has 1 heterocycles. The molecule has 0 bridgehead atoms. The predicted octanol–water partition coefficient (Wildman–Crippen LogP) is 2.66. The fourth-order valence-electron chi connectivity index (χ4n) is 1.81. The number of rotatable bonds is 4. The van der Waals surface area contributed by atoms with Crippen molar-refractivity contribution in [2.24, 2.45) is 0 Å². The Balaban J connectivity index is 2.22. The first-order valence-electron chi connectivity index (χ1n) is 6.09. The lowest BCUT2D eigenvalue weighted by Gasteiger charge is -2.11. The van der Waals surface area contributed by atoms with Crippen LogP contribution >= 0.6 is 0 Å². The second-order valence-electron chi connectivity index (χ2n) is 4.21. The van der Waals surface area contributed by atoms with Crippen LogP contribution in [-0.4, -0.2) is 25.1 Å². The highest BCUT2D eigenvalue weighted by Crippen LogP contribution is 2.29. The molecule has 104 valence electrons. The maximum Gasteiger partial charge on any atom is 0.257 e. The first kappa shape index (κ1) is 13.9. The minimum atomic E-state index is -0.206. The lowest BCUT2D eigenvalue weighted by Crippen LogP contribution is -2.13. The number of amides is 1. The summed E-state index contributed by atoms with van der Waals surface area (Å²) < 4.78 is 10.4. The van der Waals surface area contributed by atoms with Crippen LogP contribution in [0.4, 0.5) is 5.69 Å². The maximum absolute atomic E-state index is 12.2. The van der Waals surface area contributed by atoms with Crippen LogP contribution in [-0.2, 0) is 0 Å². The highest BCUT2D eigenvalue weighted by atomic mass is 16.5. The standard InChI is InChI=1S/C15H16N2O3/c1-10-6-7-16-9-12(10)15(18)17-11-4-5-13(19-2)14(8-11)20-3/h4-9H,1-3H3,(H,17,18). The first-order valence-corrected chi connectivity index (χ1v) is 6.09. The molecule has 20 heavy (non-hydrogen) atoms. The van der Waals surface area contributed by atoms with Crippen molar-refractivity contribution in [3.63, 3.8) is 0 Å². The van der Waals surface area contributed by atoms with Gasteiger partial charge in [0.2, 0.25) is 0 Å². The van der Waals surface area contributed by atoms with E-state index in [-0.39, 0.29) is 5.91 Å². The van der Waals surface area contributed by atoms with Crippen molar-refractivity contribution in [2.75, 3.05) is 19.5 Å². The number of pyridine rings is 1. The first-order chi connectivity index (χ1) is 9.65. The number of hydrogen-bond acceptors (Lipinski definition) is 4. The van der Waals surface area contributed by atoms with Gasteiger partial charge in [0.15, 0.2) is 11.5 Å². The second kappa shape index (κ2) is 6.06. The summed E-state index contributed by atoms with van der Waals surface area (Å²) in [4.78, 5) is 16.1. The molecule has 0 aliphatic heterocycles. The Hall–Kier alpha value is -2.56. The molecule has 1 aromatic heterocycles. The summed E-state index contributed by atoms with van der Waals surface area (Å²) in [6.07, 6.45) is 3.20. The van der Waals surface area contributed by atoms with Crippen molar-refractivity contribution in [1.29, 1.82) is 0 Å². The van der Waals surface area contributed by atoms with Crippen LogP contribution in [0.1, 0.15) is 15.9 Å². The van der Waals surface area contributed by atoms with Crippen LogP contribution in [0.15, 0.2) is 36.7 Å². The Morgan fingerprint density at radius 2 is 1.90 bits per heavy atom. The molecule has 0 aliphatic carbocycles. The number of nitrogens with zero attached hydrogens (tertiary/aromatic N) is 1. The van der Waals surface area contributed by atoms with E-state index in [0.717, 1.165) is 5.56 Å². The summed E-state index contributed by atoms with van der Waals surface area (Å²) in [5.74, 6) is 0.971. The average Bonchev–Trinajstić information content (AvgIpc) is 2.47. The summed E-state index contributed by atoms with van der Waals surface area (Å²) in [7, 11) is 3.11.